The number of hydrogen-bond acceptors (Lipinski definition) is 3. The van der Waals surface area contributed by atoms with Gasteiger partial charge in [-0.15, -0.1) is 0 Å². The van der Waals surface area contributed by atoms with Gasteiger partial charge in [0.25, 0.3) is 5.66 Å². The van der Waals surface area contributed by atoms with Gasteiger partial charge in [-0.3, -0.25) is 0 Å². The molecular weight excluding hydrogens is 398 g/mol. The van der Waals surface area contributed by atoms with Crippen molar-refractivity contribution in [1.29, 1.82) is 0 Å². The third kappa shape index (κ3) is 7.35. The van der Waals surface area contributed by atoms with Gasteiger partial charge in [0.05, 0.1) is 17.5 Å². The number of aromatic nitrogens is 2. The quantitative estimate of drug-likeness (QED) is 0.427. The lowest BCUT2D eigenvalue weighted by Gasteiger charge is -2.12. The van der Waals surface area contributed by atoms with Crippen molar-refractivity contribution >= 4 is 20.8 Å². The Balaban J connectivity index is 0.00000204. The SMILES string of the molecule is C=C/C(F)=C(\C=C(/C)C(F)(F)P)n1cc(C2=NC(=C)/C=C\C=C/CO2)cn1.CC. The lowest BCUT2D eigenvalue weighted by molar-refractivity contribution is 0.147. The molecule has 0 N–H and O–H groups in total. The van der Waals surface area contributed by atoms with Gasteiger partial charge in [-0.05, 0) is 31.2 Å². The van der Waals surface area contributed by atoms with Gasteiger partial charge in [0.2, 0.25) is 5.90 Å². The molecule has 1 aromatic heterocycles. The highest BCUT2D eigenvalue weighted by Gasteiger charge is 2.25. The van der Waals surface area contributed by atoms with Crippen LogP contribution in [0.1, 0.15) is 26.3 Å². The van der Waals surface area contributed by atoms with E-state index in [1.807, 2.05) is 13.8 Å². The Hall–Kier alpha value is -2.66. The highest BCUT2D eigenvalue weighted by Crippen LogP contribution is 2.32. The minimum atomic E-state index is -3.18. The van der Waals surface area contributed by atoms with Gasteiger partial charge >= 0.3 is 0 Å². The van der Waals surface area contributed by atoms with Crippen molar-refractivity contribution in [1.82, 2.24) is 9.78 Å². The Morgan fingerprint density at radius 1 is 1.34 bits per heavy atom. The Kier molecular flexibility index (Phi) is 9.56. The number of halogens is 3. The molecule has 1 unspecified atom stereocenters. The van der Waals surface area contributed by atoms with Crippen LogP contribution in [0.2, 0.25) is 0 Å². The number of hydrogen-bond donors (Lipinski definition) is 0. The molecule has 8 heteroatoms. The first-order valence-electron chi connectivity index (χ1n) is 8.89. The maximum Gasteiger partial charge on any atom is 0.280 e. The van der Waals surface area contributed by atoms with Crippen LogP contribution in [0.3, 0.4) is 0 Å². The monoisotopic (exact) mass is 423 g/mol. The average molecular weight is 423 g/mol. The minimum absolute atomic E-state index is 0.182. The number of rotatable bonds is 5. The fourth-order valence-electron chi connectivity index (χ4n) is 1.99. The van der Waals surface area contributed by atoms with Crippen LogP contribution in [-0.4, -0.2) is 27.9 Å². The molecule has 2 rings (SSSR count). The first-order valence-corrected chi connectivity index (χ1v) is 9.47. The largest absolute Gasteiger partial charge is 0.473 e. The van der Waals surface area contributed by atoms with Crippen LogP contribution in [-0.2, 0) is 4.74 Å². The Morgan fingerprint density at radius 3 is 2.66 bits per heavy atom. The second-order valence-electron chi connectivity index (χ2n) is 5.57. The number of alkyl halides is 2. The Labute approximate surface area is 171 Å². The van der Waals surface area contributed by atoms with Crippen LogP contribution in [0.15, 0.2) is 84.1 Å². The van der Waals surface area contributed by atoms with Gasteiger partial charge in [-0.25, -0.2) is 14.1 Å². The first kappa shape index (κ1) is 24.4. The molecule has 0 radical (unpaired) electrons. The maximum absolute atomic E-state index is 14.2. The van der Waals surface area contributed by atoms with E-state index < -0.39 is 11.5 Å². The molecule has 1 aromatic rings. The Morgan fingerprint density at radius 2 is 2.03 bits per heavy atom. The molecule has 0 aromatic carbocycles. The maximum atomic E-state index is 14.2. The van der Waals surface area contributed by atoms with Crippen molar-refractivity contribution in [3.8, 4) is 0 Å². The van der Waals surface area contributed by atoms with E-state index in [4.69, 9.17) is 4.74 Å². The van der Waals surface area contributed by atoms with E-state index in [2.05, 4.69) is 23.2 Å². The summed E-state index contributed by atoms with van der Waals surface area (Å²) in [4.78, 5) is 4.26. The van der Waals surface area contributed by atoms with Gasteiger partial charge in [0, 0.05) is 11.8 Å². The summed E-state index contributed by atoms with van der Waals surface area (Å²) < 4.78 is 47.8. The molecule has 1 aliphatic heterocycles. The van der Waals surface area contributed by atoms with Gasteiger partial charge in [0.1, 0.15) is 18.1 Å². The second-order valence-corrected chi connectivity index (χ2v) is 6.29. The summed E-state index contributed by atoms with van der Waals surface area (Å²) in [6, 6.07) is 0. The third-order valence-corrected chi connectivity index (χ3v) is 3.93. The summed E-state index contributed by atoms with van der Waals surface area (Å²) in [5.74, 6) is -0.566. The van der Waals surface area contributed by atoms with Crippen molar-refractivity contribution < 1.29 is 17.9 Å². The first-order chi connectivity index (χ1) is 13.7. The van der Waals surface area contributed by atoms with E-state index in [0.29, 0.717) is 11.3 Å². The van der Waals surface area contributed by atoms with E-state index in [0.717, 1.165) is 16.8 Å². The number of allylic oxidation sites excluding steroid dienone is 8. The summed E-state index contributed by atoms with van der Waals surface area (Å²) in [5.41, 5.74) is -2.81. The van der Waals surface area contributed by atoms with Gasteiger partial charge in [-0.2, -0.15) is 13.9 Å². The van der Waals surface area contributed by atoms with E-state index in [1.54, 1.807) is 24.3 Å². The minimum Gasteiger partial charge on any atom is -0.473 e. The molecule has 4 nitrogen and oxygen atoms in total. The second kappa shape index (κ2) is 11.4. The lowest BCUT2D eigenvalue weighted by atomic mass is 10.2. The van der Waals surface area contributed by atoms with Crippen molar-refractivity contribution in [2.45, 2.75) is 26.4 Å². The van der Waals surface area contributed by atoms with E-state index in [-0.39, 0.29) is 23.8 Å². The zero-order chi connectivity index (χ0) is 22.0. The fraction of sp³-hybridized carbons (Fsp3) is 0.238. The summed E-state index contributed by atoms with van der Waals surface area (Å²) in [7, 11) is 1.41. The van der Waals surface area contributed by atoms with Crippen LogP contribution >= 0.6 is 9.24 Å². The predicted molar refractivity (Wildman–Crippen MR) is 116 cm³/mol. The molecular formula is C21H25F3N3OP. The van der Waals surface area contributed by atoms with Crippen molar-refractivity contribution in [2.75, 3.05) is 6.61 Å². The molecule has 29 heavy (non-hydrogen) atoms. The van der Waals surface area contributed by atoms with Crippen LogP contribution in [0.4, 0.5) is 13.2 Å². The van der Waals surface area contributed by atoms with Crippen LogP contribution < -0.4 is 0 Å². The molecule has 0 spiro atoms. The highest BCUT2D eigenvalue weighted by atomic mass is 31.0. The van der Waals surface area contributed by atoms with E-state index >= 15 is 0 Å². The molecule has 0 saturated carbocycles. The standard InChI is InChI=1S/C19H19F3N3OP.C2H6/c1-4-16(20)17(10-13(2)19(21,22)27)25-12-15(11-23-25)18-24-14(3)8-6-5-7-9-26-18;1-2/h4-8,10-12H,1,3,9,27H2,2H3;1-2H3/b7-5-,8-6-,13-10+,17-16-,24-18?;. The third-order valence-electron chi connectivity index (χ3n) is 3.48. The fourth-order valence-corrected chi connectivity index (χ4v) is 2.07. The summed E-state index contributed by atoms with van der Waals surface area (Å²) in [6.07, 6.45) is 11.8. The van der Waals surface area contributed by atoms with Gasteiger partial charge in [-0.1, -0.05) is 48.4 Å². The lowest BCUT2D eigenvalue weighted by Crippen LogP contribution is -2.08. The molecule has 1 aliphatic rings. The van der Waals surface area contributed by atoms with Crippen LogP contribution in [0.25, 0.3) is 5.70 Å². The van der Waals surface area contributed by atoms with Crippen molar-refractivity contribution in [3.05, 3.63) is 84.7 Å². The predicted octanol–water partition coefficient (Wildman–Crippen LogP) is 6.05. The number of aliphatic imine (C=N–C) groups is 1. The van der Waals surface area contributed by atoms with E-state index in [1.165, 1.54) is 28.6 Å². The molecule has 156 valence electrons. The number of ether oxygens (including phenoxy) is 1. The summed E-state index contributed by atoms with van der Waals surface area (Å²) >= 11 is 0. The van der Waals surface area contributed by atoms with Crippen LogP contribution in [0, 0.1) is 0 Å². The molecule has 1 atom stereocenters. The molecule has 0 fully saturated rings. The average Bonchev–Trinajstić information content (AvgIpc) is 3.19. The molecule has 0 amide bonds. The summed E-state index contributed by atoms with van der Waals surface area (Å²) in [5, 5.41) is 4.05. The molecule has 2 heterocycles. The zero-order valence-electron chi connectivity index (χ0n) is 16.7. The van der Waals surface area contributed by atoms with Gasteiger partial charge in [0.15, 0.2) is 0 Å². The molecule has 0 saturated heterocycles. The van der Waals surface area contributed by atoms with Crippen molar-refractivity contribution in [2.24, 2.45) is 4.99 Å². The molecule has 0 bridgehead atoms. The zero-order valence-corrected chi connectivity index (χ0v) is 17.9. The van der Waals surface area contributed by atoms with E-state index in [9.17, 15) is 13.2 Å². The normalized spacial score (nSPS) is 18.0. The van der Waals surface area contributed by atoms with Crippen LogP contribution in [0.5, 0.6) is 0 Å². The summed E-state index contributed by atoms with van der Waals surface area (Å²) in [6.45, 7) is 12.6. The van der Waals surface area contributed by atoms with Gasteiger partial charge < -0.3 is 4.74 Å². The number of nitrogens with zero attached hydrogens (tertiary/aromatic N) is 3. The smallest absolute Gasteiger partial charge is 0.280 e. The topological polar surface area (TPSA) is 39.4 Å². The van der Waals surface area contributed by atoms with Crippen molar-refractivity contribution in [3.63, 3.8) is 0 Å². The Bertz CT molecular complexity index is 887. The molecule has 0 aliphatic carbocycles. The highest BCUT2D eigenvalue weighted by molar-refractivity contribution is 7.18.